The monoisotopic (exact) mass is 760 g/mol. The molecule has 0 amide bonds. The third-order valence-electron chi connectivity index (χ3n) is 8.20. The molecule has 0 radical (unpaired) electrons. The van der Waals surface area contributed by atoms with Crippen molar-refractivity contribution in [3.8, 4) is 23.0 Å². The molecular formula is C48H56O8. The van der Waals surface area contributed by atoms with Gasteiger partial charge in [-0.25, -0.2) is 0 Å². The van der Waals surface area contributed by atoms with Crippen LogP contribution in [0.2, 0.25) is 0 Å². The highest BCUT2D eigenvalue weighted by molar-refractivity contribution is 6.10. The summed E-state index contributed by atoms with van der Waals surface area (Å²) in [6, 6.07) is 35.7. The van der Waals surface area contributed by atoms with Gasteiger partial charge in [0.05, 0.1) is 28.4 Å². The van der Waals surface area contributed by atoms with Crippen LogP contribution in [0.1, 0.15) is 96.0 Å². The summed E-state index contributed by atoms with van der Waals surface area (Å²) in [5.41, 5.74) is 3.38. The highest BCUT2D eigenvalue weighted by atomic mass is 16.5. The van der Waals surface area contributed by atoms with Gasteiger partial charge in [-0.05, 0) is 104 Å². The van der Waals surface area contributed by atoms with E-state index in [1.807, 2.05) is 99.6 Å². The van der Waals surface area contributed by atoms with E-state index >= 15 is 0 Å². The molecule has 0 unspecified atom stereocenters. The van der Waals surface area contributed by atoms with E-state index in [4.69, 9.17) is 18.9 Å². The van der Waals surface area contributed by atoms with Crippen LogP contribution < -0.4 is 18.9 Å². The van der Waals surface area contributed by atoms with Crippen molar-refractivity contribution in [3.63, 3.8) is 0 Å². The fraction of sp³-hybridized carbons (Fsp3) is 0.250. The van der Waals surface area contributed by atoms with Gasteiger partial charge in [0.1, 0.15) is 11.5 Å². The number of ether oxygens (including phenoxy) is 4. The minimum atomic E-state index is -0.0732. The Labute approximate surface area is 332 Å². The lowest BCUT2D eigenvalue weighted by atomic mass is 9.96. The van der Waals surface area contributed by atoms with E-state index in [1.165, 1.54) is 27.7 Å². The summed E-state index contributed by atoms with van der Waals surface area (Å²) in [7, 11) is 6.62. The number of carbonyl (C=O) groups excluding carboxylic acids is 4. The van der Waals surface area contributed by atoms with Crippen LogP contribution in [-0.4, -0.2) is 51.6 Å². The SMILES string of the molecule is C.CC.CC(=O)c1cc2ccccc2cc1C(C)=O.CC(=O)c1ccc(C(C)=O)cc1.COc1ccc2cc(OC)ccc2c1.COc1cccc(C)c1OC. The largest absolute Gasteiger partial charge is 0.497 e. The van der Waals surface area contributed by atoms with Crippen LogP contribution >= 0.6 is 0 Å². The fourth-order valence-electron chi connectivity index (χ4n) is 5.27. The first-order valence-electron chi connectivity index (χ1n) is 17.8. The topological polar surface area (TPSA) is 105 Å². The molecular weight excluding hydrogens is 705 g/mol. The number of fused-ring (bicyclic) bond motifs is 2. The van der Waals surface area contributed by atoms with Crippen LogP contribution in [0.25, 0.3) is 21.5 Å². The zero-order chi connectivity index (χ0) is 41.1. The van der Waals surface area contributed by atoms with Crippen LogP contribution in [0.15, 0.2) is 115 Å². The lowest BCUT2D eigenvalue weighted by molar-refractivity contribution is 0.0981. The Morgan fingerprint density at radius 3 is 1.12 bits per heavy atom. The summed E-state index contributed by atoms with van der Waals surface area (Å²) in [6.45, 7) is 12.0. The van der Waals surface area contributed by atoms with E-state index in [0.717, 1.165) is 50.1 Å². The van der Waals surface area contributed by atoms with E-state index < -0.39 is 0 Å². The standard InChI is InChI=1S/C14H12O2.C12H12O2.C10H10O2.C9H12O2.C2H6.CH4/c1-9(15)13-7-11-5-3-4-6-12(11)8-14(13)10(2)16;1-13-11-5-3-10-8-12(14-2)6-4-9(10)7-11;1-7(11)9-3-5-10(6-4-9)8(2)12;1-7-5-4-6-8(10-2)9(7)11-3;1-2;/h3-8H,1-2H3;3-8H,1-2H3;3-6H,1-2H3;4-6H,1-3H3;1-2H3;1H4. The number of carbonyl (C=O) groups is 4. The third-order valence-corrected chi connectivity index (χ3v) is 8.20. The molecule has 0 atom stereocenters. The minimum Gasteiger partial charge on any atom is -0.497 e. The zero-order valence-electron chi connectivity index (χ0n) is 33.7. The molecule has 296 valence electrons. The van der Waals surface area contributed by atoms with Crippen molar-refractivity contribution < 1.29 is 38.1 Å². The lowest BCUT2D eigenvalue weighted by Crippen LogP contribution is -2.03. The van der Waals surface area contributed by atoms with Crippen molar-refractivity contribution in [1.29, 1.82) is 0 Å². The summed E-state index contributed by atoms with van der Waals surface area (Å²) in [4.78, 5) is 44.6. The smallest absolute Gasteiger partial charge is 0.163 e. The Bertz CT molecular complexity index is 2070. The number of hydrogen-bond donors (Lipinski definition) is 0. The molecule has 0 fully saturated rings. The summed E-state index contributed by atoms with van der Waals surface area (Å²) in [5, 5.41) is 4.28. The van der Waals surface area contributed by atoms with Gasteiger partial charge in [0.2, 0.25) is 0 Å². The van der Waals surface area contributed by atoms with Crippen molar-refractivity contribution in [3.05, 3.63) is 143 Å². The number of ketones is 4. The molecule has 8 heteroatoms. The van der Waals surface area contributed by atoms with Crippen LogP contribution in [0.4, 0.5) is 0 Å². The molecule has 0 heterocycles. The van der Waals surface area contributed by atoms with E-state index in [-0.39, 0.29) is 30.6 Å². The molecule has 0 spiro atoms. The molecule has 56 heavy (non-hydrogen) atoms. The molecule has 6 rings (SSSR count). The summed E-state index contributed by atoms with van der Waals surface area (Å²) >= 11 is 0. The van der Waals surface area contributed by atoms with Gasteiger partial charge in [-0.3, -0.25) is 19.2 Å². The van der Waals surface area contributed by atoms with Gasteiger partial charge >= 0.3 is 0 Å². The molecule has 0 N–H and O–H groups in total. The number of methoxy groups -OCH3 is 4. The first-order valence-corrected chi connectivity index (χ1v) is 17.8. The first kappa shape index (κ1) is 47.7. The average Bonchev–Trinajstić information content (AvgIpc) is 3.21. The van der Waals surface area contributed by atoms with Gasteiger partial charge in [0.15, 0.2) is 34.6 Å². The number of rotatable bonds is 8. The molecule has 0 aliphatic heterocycles. The Kier molecular flexibility index (Phi) is 20.6. The number of Topliss-reactive ketones (excluding diaryl/α,β-unsaturated/α-hetero) is 4. The highest BCUT2D eigenvalue weighted by Crippen LogP contribution is 2.29. The predicted molar refractivity (Wildman–Crippen MR) is 230 cm³/mol. The van der Waals surface area contributed by atoms with E-state index in [9.17, 15) is 19.2 Å². The molecule has 0 aliphatic carbocycles. The molecule has 6 aromatic rings. The fourth-order valence-corrected chi connectivity index (χ4v) is 5.27. The normalized spacial score (nSPS) is 9.48. The molecule has 8 nitrogen and oxygen atoms in total. The van der Waals surface area contributed by atoms with Gasteiger partial charge in [0, 0.05) is 22.3 Å². The lowest BCUT2D eigenvalue weighted by Gasteiger charge is -2.08. The Hall–Kier alpha value is -6.28. The zero-order valence-corrected chi connectivity index (χ0v) is 33.7. The van der Waals surface area contributed by atoms with Crippen LogP contribution in [-0.2, 0) is 0 Å². The first-order chi connectivity index (χ1) is 26.3. The second-order valence-electron chi connectivity index (χ2n) is 11.9. The summed E-state index contributed by atoms with van der Waals surface area (Å²) in [5.74, 6) is 3.25. The maximum Gasteiger partial charge on any atom is 0.163 e. The van der Waals surface area contributed by atoms with Crippen molar-refractivity contribution in [2.45, 2.75) is 55.9 Å². The maximum atomic E-state index is 11.5. The summed E-state index contributed by atoms with van der Waals surface area (Å²) < 4.78 is 20.5. The molecule has 0 bridgehead atoms. The highest BCUT2D eigenvalue weighted by Gasteiger charge is 2.12. The molecule has 0 aliphatic rings. The van der Waals surface area contributed by atoms with Gasteiger partial charge in [-0.15, -0.1) is 0 Å². The predicted octanol–water partition coefficient (Wildman–Crippen LogP) is 11.9. The quantitative estimate of drug-likeness (QED) is 0.141. The second kappa shape index (κ2) is 24.2. The Balaban J connectivity index is 0.000000369. The van der Waals surface area contributed by atoms with Gasteiger partial charge < -0.3 is 18.9 Å². The minimum absolute atomic E-state index is 0. The molecule has 0 aromatic heterocycles. The van der Waals surface area contributed by atoms with Crippen LogP contribution in [0, 0.1) is 6.92 Å². The van der Waals surface area contributed by atoms with Crippen LogP contribution in [0.5, 0.6) is 23.0 Å². The van der Waals surface area contributed by atoms with Gasteiger partial charge in [0.25, 0.3) is 0 Å². The van der Waals surface area contributed by atoms with Gasteiger partial charge in [-0.2, -0.15) is 0 Å². The van der Waals surface area contributed by atoms with Crippen LogP contribution in [0.3, 0.4) is 0 Å². The second-order valence-corrected chi connectivity index (χ2v) is 11.9. The number of hydrogen-bond acceptors (Lipinski definition) is 8. The molecule has 0 saturated carbocycles. The third kappa shape index (κ3) is 13.9. The van der Waals surface area contributed by atoms with Crippen molar-refractivity contribution in [2.24, 2.45) is 0 Å². The van der Waals surface area contributed by atoms with Gasteiger partial charge in [-0.1, -0.05) is 94.1 Å². The van der Waals surface area contributed by atoms with Crippen molar-refractivity contribution in [1.82, 2.24) is 0 Å². The Morgan fingerprint density at radius 2 is 0.821 bits per heavy atom. The summed E-state index contributed by atoms with van der Waals surface area (Å²) in [6.07, 6.45) is 0. The number of para-hydroxylation sites is 1. The van der Waals surface area contributed by atoms with E-state index in [0.29, 0.717) is 22.3 Å². The maximum absolute atomic E-state index is 11.5. The average molecular weight is 761 g/mol. The van der Waals surface area contributed by atoms with E-state index in [2.05, 4.69) is 0 Å². The number of aryl methyl sites for hydroxylation is 1. The Morgan fingerprint density at radius 1 is 0.429 bits per heavy atom. The number of benzene rings is 6. The molecule has 6 aromatic carbocycles. The van der Waals surface area contributed by atoms with E-state index in [1.54, 1.807) is 64.8 Å². The molecule has 0 saturated heterocycles. The van der Waals surface area contributed by atoms with Crippen molar-refractivity contribution in [2.75, 3.05) is 28.4 Å². The van der Waals surface area contributed by atoms with Crippen molar-refractivity contribution >= 4 is 44.7 Å².